The van der Waals surface area contributed by atoms with E-state index >= 15 is 0 Å². The fourth-order valence-electron chi connectivity index (χ4n) is 4.02. The van der Waals surface area contributed by atoms with Crippen molar-refractivity contribution in [2.24, 2.45) is 0 Å². The molecule has 4 aromatic rings. The molecule has 1 N–H and O–H groups in total. The molecule has 1 atom stereocenters. The molecule has 0 aliphatic heterocycles. The largest absolute Gasteiger partial charge is 0.492 e. The zero-order valence-corrected chi connectivity index (χ0v) is 19.3. The predicted molar refractivity (Wildman–Crippen MR) is 132 cm³/mol. The Morgan fingerprint density at radius 1 is 0.970 bits per heavy atom. The fourth-order valence-corrected chi connectivity index (χ4v) is 4.02. The third-order valence-corrected chi connectivity index (χ3v) is 5.85. The van der Waals surface area contributed by atoms with Crippen LogP contribution >= 0.6 is 0 Å². The van der Waals surface area contributed by atoms with E-state index in [-0.39, 0.29) is 11.9 Å². The van der Waals surface area contributed by atoms with Crippen molar-refractivity contribution < 1.29 is 9.53 Å². The number of carbonyl (C=O) groups excluding carboxylic acids is 1. The number of aryl methyl sites for hydroxylation is 2. The van der Waals surface area contributed by atoms with Crippen molar-refractivity contribution in [3.05, 3.63) is 95.8 Å². The topological polar surface area (TPSA) is 56.1 Å². The highest BCUT2D eigenvalue weighted by molar-refractivity contribution is 5.78. The average Bonchev–Trinajstić information content (AvgIpc) is 3.23. The lowest BCUT2D eigenvalue weighted by Crippen LogP contribution is -2.29. The number of hydrogen-bond donors (Lipinski definition) is 1. The van der Waals surface area contributed by atoms with Gasteiger partial charge in [0.05, 0.1) is 23.6 Å². The maximum absolute atomic E-state index is 12.6. The average molecular weight is 442 g/mol. The van der Waals surface area contributed by atoms with E-state index in [1.54, 1.807) is 0 Å². The van der Waals surface area contributed by atoms with E-state index in [1.807, 2.05) is 67.6 Å². The summed E-state index contributed by atoms with van der Waals surface area (Å²) in [5.74, 6) is 1.73. The summed E-state index contributed by atoms with van der Waals surface area (Å²) in [7, 11) is 0. The number of nitrogens with zero attached hydrogens (tertiary/aromatic N) is 2. The predicted octanol–water partition coefficient (Wildman–Crippen LogP) is 5.49. The van der Waals surface area contributed by atoms with Gasteiger partial charge in [0.1, 0.15) is 18.2 Å². The molecule has 0 bridgehead atoms. The standard InChI is InChI=1S/C28H31N3O2/c1-3-22-13-16-24(17-14-22)33-20-19-31-26-12-8-7-11-25(26)30-28(31)21(2)29-27(32)18-15-23-9-5-4-6-10-23/h4-14,16-17,21H,3,15,18-20H2,1-2H3,(H,29,32). The Morgan fingerprint density at radius 2 is 1.70 bits per heavy atom. The first-order chi connectivity index (χ1) is 16.1. The molecule has 0 radical (unpaired) electrons. The molecule has 3 aromatic carbocycles. The number of ether oxygens (including phenoxy) is 1. The molecule has 5 nitrogen and oxygen atoms in total. The second kappa shape index (κ2) is 10.8. The molecule has 0 saturated heterocycles. The fraction of sp³-hybridized carbons (Fsp3) is 0.286. The molecule has 4 rings (SSSR count). The highest BCUT2D eigenvalue weighted by Crippen LogP contribution is 2.21. The van der Waals surface area contributed by atoms with Crippen LogP contribution in [-0.4, -0.2) is 22.1 Å². The highest BCUT2D eigenvalue weighted by Gasteiger charge is 2.18. The summed E-state index contributed by atoms with van der Waals surface area (Å²) >= 11 is 0. The van der Waals surface area contributed by atoms with Gasteiger partial charge in [-0.25, -0.2) is 4.98 Å². The van der Waals surface area contributed by atoms with Crippen LogP contribution in [0.4, 0.5) is 0 Å². The first-order valence-electron chi connectivity index (χ1n) is 11.6. The number of benzene rings is 3. The molecular formula is C28H31N3O2. The maximum Gasteiger partial charge on any atom is 0.220 e. The number of amides is 1. The summed E-state index contributed by atoms with van der Waals surface area (Å²) in [4.78, 5) is 17.4. The molecule has 0 fully saturated rings. The van der Waals surface area contributed by atoms with Crippen LogP contribution in [0.1, 0.15) is 43.3 Å². The van der Waals surface area contributed by atoms with Gasteiger partial charge in [-0.2, -0.15) is 0 Å². The second-order valence-corrected chi connectivity index (χ2v) is 8.23. The maximum atomic E-state index is 12.6. The van der Waals surface area contributed by atoms with Gasteiger partial charge in [-0.3, -0.25) is 4.79 Å². The van der Waals surface area contributed by atoms with Gasteiger partial charge < -0.3 is 14.6 Å². The van der Waals surface area contributed by atoms with Crippen molar-refractivity contribution in [2.45, 2.75) is 45.7 Å². The van der Waals surface area contributed by atoms with E-state index in [4.69, 9.17) is 9.72 Å². The number of nitrogens with one attached hydrogen (secondary N) is 1. The summed E-state index contributed by atoms with van der Waals surface area (Å²) in [6.45, 7) is 5.30. The Hall–Kier alpha value is -3.60. The van der Waals surface area contributed by atoms with Crippen molar-refractivity contribution in [1.29, 1.82) is 0 Å². The number of rotatable bonds is 10. The van der Waals surface area contributed by atoms with Gasteiger partial charge in [0.15, 0.2) is 0 Å². The minimum absolute atomic E-state index is 0.0252. The first-order valence-corrected chi connectivity index (χ1v) is 11.6. The molecule has 1 amide bonds. The summed E-state index contributed by atoms with van der Waals surface area (Å²) in [6, 6.07) is 26.2. The van der Waals surface area contributed by atoms with Crippen LogP contribution in [0.2, 0.25) is 0 Å². The number of aromatic nitrogens is 2. The Morgan fingerprint density at radius 3 is 2.45 bits per heavy atom. The van der Waals surface area contributed by atoms with Crippen LogP contribution < -0.4 is 10.1 Å². The monoisotopic (exact) mass is 441 g/mol. The molecule has 1 unspecified atom stereocenters. The zero-order valence-electron chi connectivity index (χ0n) is 19.3. The lowest BCUT2D eigenvalue weighted by molar-refractivity contribution is -0.121. The SMILES string of the molecule is CCc1ccc(OCCn2c(C(C)NC(=O)CCc3ccccc3)nc3ccccc32)cc1. The number of fused-ring (bicyclic) bond motifs is 1. The van der Waals surface area contributed by atoms with E-state index in [2.05, 4.69) is 35.0 Å². The van der Waals surface area contributed by atoms with Gasteiger partial charge in [-0.15, -0.1) is 0 Å². The molecule has 170 valence electrons. The van der Waals surface area contributed by atoms with Gasteiger partial charge in [0, 0.05) is 6.42 Å². The molecule has 0 aliphatic rings. The van der Waals surface area contributed by atoms with Crippen LogP contribution in [0.5, 0.6) is 5.75 Å². The van der Waals surface area contributed by atoms with E-state index in [1.165, 1.54) is 5.56 Å². The van der Waals surface area contributed by atoms with Crippen LogP contribution in [-0.2, 0) is 24.2 Å². The van der Waals surface area contributed by atoms with Crippen molar-refractivity contribution in [1.82, 2.24) is 14.9 Å². The second-order valence-electron chi connectivity index (χ2n) is 8.23. The summed E-state index contributed by atoms with van der Waals surface area (Å²) in [6.07, 6.45) is 2.19. The van der Waals surface area contributed by atoms with Gasteiger partial charge >= 0.3 is 0 Å². The lowest BCUT2D eigenvalue weighted by Gasteiger charge is -2.17. The van der Waals surface area contributed by atoms with Crippen molar-refractivity contribution in [3.63, 3.8) is 0 Å². The number of imidazole rings is 1. The van der Waals surface area contributed by atoms with Gasteiger partial charge in [-0.1, -0.05) is 61.5 Å². The minimum Gasteiger partial charge on any atom is -0.492 e. The minimum atomic E-state index is -0.204. The molecule has 5 heteroatoms. The van der Waals surface area contributed by atoms with Crippen molar-refractivity contribution in [2.75, 3.05) is 6.61 Å². The van der Waals surface area contributed by atoms with Gasteiger partial charge in [0.2, 0.25) is 5.91 Å². The van der Waals surface area contributed by atoms with Gasteiger partial charge in [0.25, 0.3) is 0 Å². The third kappa shape index (κ3) is 5.80. The molecular weight excluding hydrogens is 410 g/mol. The molecule has 0 spiro atoms. The molecule has 33 heavy (non-hydrogen) atoms. The van der Waals surface area contributed by atoms with Crippen LogP contribution in [0.25, 0.3) is 11.0 Å². The van der Waals surface area contributed by atoms with E-state index in [0.717, 1.165) is 41.0 Å². The van der Waals surface area contributed by atoms with Crippen LogP contribution in [0.3, 0.4) is 0 Å². The number of hydrogen-bond acceptors (Lipinski definition) is 3. The summed E-state index contributed by atoms with van der Waals surface area (Å²) in [5, 5.41) is 3.13. The summed E-state index contributed by atoms with van der Waals surface area (Å²) < 4.78 is 8.15. The van der Waals surface area contributed by atoms with Crippen LogP contribution in [0, 0.1) is 0 Å². The number of carbonyl (C=O) groups is 1. The first kappa shape index (κ1) is 22.6. The van der Waals surface area contributed by atoms with E-state index in [9.17, 15) is 4.79 Å². The number of para-hydroxylation sites is 2. The normalized spacial score (nSPS) is 11.9. The van der Waals surface area contributed by atoms with E-state index < -0.39 is 0 Å². The Balaban J connectivity index is 1.42. The highest BCUT2D eigenvalue weighted by atomic mass is 16.5. The van der Waals surface area contributed by atoms with Crippen molar-refractivity contribution in [3.8, 4) is 5.75 Å². The third-order valence-electron chi connectivity index (χ3n) is 5.85. The molecule has 0 saturated carbocycles. The smallest absolute Gasteiger partial charge is 0.220 e. The Bertz CT molecular complexity index is 1180. The molecule has 1 aromatic heterocycles. The van der Waals surface area contributed by atoms with Gasteiger partial charge in [-0.05, 0) is 55.2 Å². The van der Waals surface area contributed by atoms with Crippen LogP contribution in [0.15, 0.2) is 78.9 Å². The van der Waals surface area contributed by atoms with E-state index in [0.29, 0.717) is 19.6 Å². The summed E-state index contributed by atoms with van der Waals surface area (Å²) in [5.41, 5.74) is 4.42. The molecule has 1 heterocycles. The zero-order chi connectivity index (χ0) is 23.0. The Kier molecular flexibility index (Phi) is 7.40. The lowest BCUT2D eigenvalue weighted by atomic mass is 10.1. The molecule has 0 aliphatic carbocycles. The Labute approximate surface area is 195 Å². The quantitative estimate of drug-likeness (QED) is 0.354. The van der Waals surface area contributed by atoms with Crippen molar-refractivity contribution >= 4 is 16.9 Å².